The molecule has 1 aromatic heterocycles. The molecule has 3 N–H and O–H groups in total. The number of nitrogens with one attached hydrogen (secondary N) is 1. The number of carbonyl (C=O) groups is 1. The van der Waals surface area contributed by atoms with Crippen LogP contribution in [0.3, 0.4) is 0 Å². The maximum atomic E-state index is 13.2. The van der Waals surface area contributed by atoms with Gasteiger partial charge in [0, 0.05) is 11.3 Å². The fourth-order valence-corrected chi connectivity index (χ4v) is 2.25. The predicted octanol–water partition coefficient (Wildman–Crippen LogP) is 3.67. The zero-order chi connectivity index (χ0) is 14.9. The third-order valence-electron chi connectivity index (χ3n) is 2.56. The smallest absolute Gasteiger partial charge is 0.255 e. The lowest BCUT2D eigenvalue weighted by atomic mass is 10.1. The van der Waals surface area contributed by atoms with E-state index in [9.17, 15) is 9.18 Å². The summed E-state index contributed by atoms with van der Waals surface area (Å²) in [5, 5.41) is 2.85. The minimum atomic E-state index is -0.591. The van der Waals surface area contributed by atoms with Crippen molar-refractivity contribution in [3.63, 3.8) is 0 Å². The second-order valence-electron chi connectivity index (χ2n) is 4.16. The molecule has 0 unspecified atom stereocenters. The Balaban J connectivity index is 2.32. The van der Waals surface area contributed by atoms with E-state index >= 15 is 0 Å². The van der Waals surface area contributed by atoms with E-state index in [0.29, 0.717) is 11.3 Å². The number of hydrogen-bond acceptors (Lipinski definition) is 3. The highest BCUT2D eigenvalue weighted by molar-refractivity contribution is 6.35. The third-order valence-corrected chi connectivity index (χ3v) is 3.03. The van der Waals surface area contributed by atoms with E-state index in [1.807, 2.05) is 0 Å². The van der Waals surface area contributed by atoms with Crippen molar-refractivity contribution >= 4 is 40.5 Å². The molecule has 0 bridgehead atoms. The van der Waals surface area contributed by atoms with E-state index in [2.05, 4.69) is 10.3 Å². The van der Waals surface area contributed by atoms with Crippen LogP contribution in [0.25, 0.3) is 0 Å². The van der Waals surface area contributed by atoms with Crippen molar-refractivity contribution in [1.82, 2.24) is 4.98 Å². The summed E-state index contributed by atoms with van der Waals surface area (Å²) in [4.78, 5) is 15.9. The molecule has 0 atom stereocenters. The van der Waals surface area contributed by atoms with Gasteiger partial charge in [0.25, 0.3) is 5.91 Å². The van der Waals surface area contributed by atoms with Crippen LogP contribution < -0.4 is 11.1 Å². The molecule has 0 saturated carbocycles. The lowest BCUT2D eigenvalue weighted by Gasteiger charge is -2.10. The van der Waals surface area contributed by atoms with E-state index in [1.165, 1.54) is 6.07 Å². The average molecular weight is 314 g/mol. The molecular weight excluding hydrogens is 304 g/mol. The molecule has 2 rings (SSSR count). The molecule has 4 nitrogen and oxygen atoms in total. The molecule has 1 heterocycles. The summed E-state index contributed by atoms with van der Waals surface area (Å²) in [7, 11) is 0. The number of rotatable bonds is 2. The second-order valence-corrected chi connectivity index (χ2v) is 4.90. The SMILES string of the molecule is Cc1cc(Cl)nc(Cl)c1NC(=O)c1cc(N)cc(F)c1. The Morgan fingerprint density at radius 1 is 1.30 bits per heavy atom. The number of nitrogen functional groups attached to an aromatic ring is 1. The Kier molecular flexibility index (Phi) is 4.11. The molecule has 7 heteroatoms. The molecule has 0 fully saturated rings. The number of aryl methyl sites for hydroxylation is 1. The van der Waals surface area contributed by atoms with Crippen molar-refractivity contribution in [2.24, 2.45) is 0 Å². The molecule has 1 aromatic carbocycles. The van der Waals surface area contributed by atoms with Gasteiger partial charge in [-0.1, -0.05) is 23.2 Å². The predicted molar refractivity (Wildman–Crippen MR) is 77.8 cm³/mol. The van der Waals surface area contributed by atoms with E-state index in [4.69, 9.17) is 28.9 Å². The molecule has 0 radical (unpaired) electrons. The molecule has 1 amide bonds. The van der Waals surface area contributed by atoms with E-state index < -0.39 is 11.7 Å². The van der Waals surface area contributed by atoms with Gasteiger partial charge in [-0.15, -0.1) is 0 Å². The number of amides is 1. The molecule has 0 spiro atoms. The summed E-state index contributed by atoms with van der Waals surface area (Å²) in [6.45, 7) is 1.72. The van der Waals surface area contributed by atoms with Gasteiger partial charge in [-0.3, -0.25) is 4.79 Å². The minimum Gasteiger partial charge on any atom is -0.399 e. The maximum absolute atomic E-state index is 13.2. The Morgan fingerprint density at radius 2 is 2.00 bits per heavy atom. The quantitative estimate of drug-likeness (QED) is 0.656. The molecule has 0 aliphatic rings. The Bertz CT molecular complexity index is 648. The van der Waals surface area contributed by atoms with Gasteiger partial charge in [0.1, 0.15) is 11.0 Å². The van der Waals surface area contributed by atoms with E-state index in [-0.39, 0.29) is 21.6 Å². The Morgan fingerprint density at radius 3 is 2.60 bits per heavy atom. The highest BCUT2D eigenvalue weighted by atomic mass is 35.5. The van der Waals surface area contributed by atoms with Gasteiger partial charge < -0.3 is 11.1 Å². The van der Waals surface area contributed by atoms with Crippen molar-refractivity contribution in [3.8, 4) is 0 Å². The molecule has 104 valence electrons. The van der Waals surface area contributed by atoms with E-state index in [1.54, 1.807) is 13.0 Å². The lowest BCUT2D eigenvalue weighted by Crippen LogP contribution is -2.14. The zero-order valence-electron chi connectivity index (χ0n) is 10.4. The summed E-state index contributed by atoms with van der Waals surface area (Å²) in [6.07, 6.45) is 0. The first-order valence-electron chi connectivity index (χ1n) is 5.57. The van der Waals surface area contributed by atoms with Gasteiger partial charge >= 0.3 is 0 Å². The minimum absolute atomic E-state index is 0.0627. The van der Waals surface area contributed by atoms with Gasteiger partial charge in [-0.2, -0.15) is 0 Å². The first-order chi connectivity index (χ1) is 9.36. The highest BCUT2D eigenvalue weighted by Gasteiger charge is 2.13. The van der Waals surface area contributed by atoms with Gasteiger partial charge in [0.05, 0.1) is 5.69 Å². The first-order valence-corrected chi connectivity index (χ1v) is 6.32. The van der Waals surface area contributed by atoms with Crippen LogP contribution in [0.1, 0.15) is 15.9 Å². The summed E-state index contributed by atoms with van der Waals surface area (Å²) < 4.78 is 13.2. The van der Waals surface area contributed by atoms with Crippen LogP contribution in [0.2, 0.25) is 10.3 Å². The van der Waals surface area contributed by atoms with Crippen molar-refractivity contribution in [2.45, 2.75) is 6.92 Å². The monoisotopic (exact) mass is 313 g/mol. The fraction of sp³-hybridized carbons (Fsp3) is 0.0769. The Labute approximate surface area is 124 Å². The average Bonchev–Trinajstić information content (AvgIpc) is 2.32. The number of hydrogen-bond donors (Lipinski definition) is 2. The third kappa shape index (κ3) is 3.18. The van der Waals surface area contributed by atoms with Crippen molar-refractivity contribution in [1.29, 1.82) is 0 Å². The largest absolute Gasteiger partial charge is 0.399 e. The number of anilines is 2. The summed E-state index contributed by atoms with van der Waals surface area (Å²) in [5.41, 5.74) is 6.71. The van der Waals surface area contributed by atoms with E-state index in [0.717, 1.165) is 12.1 Å². The van der Waals surface area contributed by atoms with Crippen LogP contribution in [0.15, 0.2) is 24.3 Å². The number of carbonyl (C=O) groups excluding carboxylic acids is 1. The summed E-state index contributed by atoms with van der Waals surface area (Å²) in [5.74, 6) is -1.13. The fourth-order valence-electron chi connectivity index (χ4n) is 1.67. The number of nitrogens with two attached hydrogens (primary N) is 1. The van der Waals surface area contributed by atoms with Gasteiger partial charge in [0.15, 0.2) is 5.15 Å². The number of nitrogens with zero attached hydrogens (tertiary/aromatic N) is 1. The van der Waals surface area contributed by atoms with Crippen LogP contribution in [0.4, 0.5) is 15.8 Å². The van der Waals surface area contributed by atoms with Crippen LogP contribution in [-0.4, -0.2) is 10.9 Å². The van der Waals surface area contributed by atoms with Crippen molar-refractivity contribution < 1.29 is 9.18 Å². The molecular formula is C13H10Cl2FN3O. The topological polar surface area (TPSA) is 68.0 Å². The standard InChI is InChI=1S/C13H10Cl2FN3O/c1-6-2-10(14)18-12(15)11(6)19-13(20)7-3-8(16)5-9(17)4-7/h2-5H,17H2,1H3,(H,19,20). The molecule has 2 aromatic rings. The number of benzene rings is 1. The molecule has 0 aliphatic heterocycles. The van der Waals surface area contributed by atoms with Crippen LogP contribution in [0.5, 0.6) is 0 Å². The highest BCUT2D eigenvalue weighted by Crippen LogP contribution is 2.27. The van der Waals surface area contributed by atoms with Gasteiger partial charge in [-0.05, 0) is 36.8 Å². The zero-order valence-corrected chi connectivity index (χ0v) is 11.9. The molecule has 0 aliphatic carbocycles. The van der Waals surface area contributed by atoms with Crippen molar-refractivity contribution in [2.75, 3.05) is 11.1 Å². The van der Waals surface area contributed by atoms with Gasteiger partial charge in [-0.25, -0.2) is 9.37 Å². The lowest BCUT2D eigenvalue weighted by molar-refractivity contribution is 0.102. The second kappa shape index (κ2) is 5.64. The molecule has 0 saturated heterocycles. The van der Waals surface area contributed by atoms with Gasteiger partial charge in [0.2, 0.25) is 0 Å². The van der Waals surface area contributed by atoms with Crippen molar-refractivity contribution in [3.05, 3.63) is 51.5 Å². The van der Waals surface area contributed by atoms with Crippen LogP contribution in [-0.2, 0) is 0 Å². The molecule has 20 heavy (non-hydrogen) atoms. The maximum Gasteiger partial charge on any atom is 0.255 e. The normalized spacial score (nSPS) is 10.4. The first kappa shape index (κ1) is 14.6. The number of pyridine rings is 1. The number of halogens is 3. The Hall–Kier alpha value is -1.85. The number of aromatic nitrogens is 1. The van der Waals surface area contributed by atoms with Crippen LogP contribution in [0, 0.1) is 12.7 Å². The summed E-state index contributed by atoms with van der Waals surface area (Å²) in [6, 6.07) is 5.13. The summed E-state index contributed by atoms with van der Waals surface area (Å²) >= 11 is 11.7. The van der Waals surface area contributed by atoms with Crippen LogP contribution >= 0.6 is 23.2 Å².